The van der Waals surface area contributed by atoms with E-state index in [0.29, 0.717) is 11.4 Å². The van der Waals surface area contributed by atoms with Crippen LogP contribution in [0.4, 0.5) is 10.2 Å². The molecule has 0 saturated carbocycles. The highest BCUT2D eigenvalue weighted by Crippen LogP contribution is 2.21. The number of hydrogen-bond donors (Lipinski definition) is 3. The molecule has 0 saturated heterocycles. The summed E-state index contributed by atoms with van der Waals surface area (Å²) < 4.78 is 12.9. The Morgan fingerprint density at radius 1 is 1.29 bits per heavy atom. The number of hydrogen-bond acceptors (Lipinski definition) is 5. The molecule has 4 N–H and O–H groups in total. The van der Waals surface area contributed by atoms with Gasteiger partial charge >= 0.3 is 0 Å². The highest BCUT2D eigenvalue weighted by Gasteiger charge is 2.23. The van der Waals surface area contributed by atoms with Crippen molar-refractivity contribution >= 4 is 11.7 Å². The molecular weight excluding hydrogens is 275 g/mol. The zero-order valence-electron chi connectivity index (χ0n) is 11.4. The molecule has 0 aliphatic heterocycles. The first-order chi connectivity index (χ1) is 9.88. The van der Waals surface area contributed by atoms with Crippen LogP contribution in [-0.4, -0.2) is 27.8 Å². The second-order valence-electron chi connectivity index (χ2n) is 4.80. The summed E-state index contributed by atoms with van der Waals surface area (Å²) in [6.07, 6.45) is 0. The summed E-state index contributed by atoms with van der Waals surface area (Å²) in [7, 11) is 0. The van der Waals surface area contributed by atoms with Crippen molar-refractivity contribution in [2.24, 2.45) is 5.73 Å². The predicted molar refractivity (Wildman–Crippen MR) is 75.0 cm³/mol. The number of carbonyl (C=O) groups is 1. The van der Waals surface area contributed by atoms with Crippen LogP contribution < -0.4 is 11.1 Å². The van der Waals surface area contributed by atoms with Gasteiger partial charge in [0.1, 0.15) is 17.2 Å². The Hall–Kier alpha value is -2.54. The third-order valence-electron chi connectivity index (χ3n) is 3.00. The van der Waals surface area contributed by atoms with Gasteiger partial charge in [-0.2, -0.15) is 0 Å². The number of aromatic nitrogens is 2. The van der Waals surface area contributed by atoms with Crippen molar-refractivity contribution in [1.82, 2.24) is 10.2 Å². The Labute approximate surface area is 120 Å². The van der Waals surface area contributed by atoms with Crippen molar-refractivity contribution in [2.75, 3.05) is 11.9 Å². The van der Waals surface area contributed by atoms with Crippen molar-refractivity contribution in [2.45, 2.75) is 12.5 Å². The maximum Gasteiger partial charge on any atom is 0.269 e. The van der Waals surface area contributed by atoms with E-state index in [0.717, 1.165) is 0 Å². The number of anilines is 1. The maximum atomic E-state index is 12.9. The number of halogens is 1. The van der Waals surface area contributed by atoms with E-state index in [1.807, 2.05) is 0 Å². The summed E-state index contributed by atoms with van der Waals surface area (Å²) in [5, 5.41) is 20.7. The van der Waals surface area contributed by atoms with Gasteiger partial charge in [-0.05, 0) is 36.8 Å². The SMILES string of the molecule is CC(O)(CNc1ccc(C(N)=O)nn1)c1ccc(F)cc1. The van der Waals surface area contributed by atoms with Crippen LogP contribution in [-0.2, 0) is 5.60 Å². The molecule has 1 heterocycles. The molecule has 2 rings (SSSR count). The fourth-order valence-electron chi connectivity index (χ4n) is 1.73. The minimum atomic E-state index is -1.21. The Bertz CT molecular complexity index is 626. The smallest absolute Gasteiger partial charge is 0.269 e. The van der Waals surface area contributed by atoms with Gasteiger partial charge in [0.05, 0.1) is 0 Å². The molecule has 0 aliphatic carbocycles. The summed E-state index contributed by atoms with van der Waals surface area (Å²) in [5.74, 6) is -0.634. The number of nitrogens with zero attached hydrogens (tertiary/aromatic N) is 2. The van der Waals surface area contributed by atoms with Crippen molar-refractivity contribution < 1.29 is 14.3 Å². The second kappa shape index (κ2) is 5.84. The van der Waals surface area contributed by atoms with Crippen LogP contribution in [0.1, 0.15) is 23.0 Å². The largest absolute Gasteiger partial charge is 0.384 e. The third kappa shape index (κ3) is 3.73. The minimum absolute atomic E-state index is 0.0610. The van der Waals surface area contributed by atoms with E-state index in [2.05, 4.69) is 15.5 Å². The molecule has 0 aliphatic rings. The minimum Gasteiger partial charge on any atom is -0.384 e. The monoisotopic (exact) mass is 290 g/mol. The van der Waals surface area contributed by atoms with Gasteiger partial charge in [0.15, 0.2) is 5.69 Å². The molecule has 2 aromatic rings. The van der Waals surface area contributed by atoms with E-state index < -0.39 is 11.5 Å². The normalized spacial score (nSPS) is 13.5. The number of carbonyl (C=O) groups excluding carboxylic acids is 1. The molecule has 7 heteroatoms. The molecule has 21 heavy (non-hydrogen) atoms. The molecule has 1 amide bonds. The van der Waals surface area contributed by atoms with Crippen LogP contribution in [0.2, 0.25) is 0 Å². The van der Waals surface area contributed by atoms with Crippen LogP contribution in [0, 0.1) is 5.82 Å². The van der Waals surface area contributed by atoms with Crippen molar-refractivity contribution in [3.63, 3.8) is 0 Å². The average Bonchev–Trinajstić information content (AvgIpc) is 2.46. The molecule has 110 valence electrons. The van der Waals surface area contributed by atoms with Crippen molar-refractivity contribution in [3.05, 3.63) is 53.5 Å². The fourth-order valence-corrected chi connectivity index (χ4v) is 1.73. The molecule has 1 aromatic carbocycles. The zero-order chi connectivity index (χ0) is 15.5. The van der Waals surface area contributed by atoms with E-state index in [1.54, 1.807) is 6.92 Å². The van der Waals surface area contributed by atoms with Crippen LogP contribution in [0.5, 0.6) is 0 Å². The maximum absolute atomic E-state index is 12.9. The molecule has 6 nitrogen and oxygen atoms in total. The Morgan fingerprint density at radius 3 is 2.48 bits per heavy atom. The highest BCUT2D eigenvalue weighted by molar-refractivity contribution is 5.90. The molecule has 1 aromatic heterocycles. The summed E-state index contributed by atoms with van der Waals surface area (Å²) in [6.45, 7) is 1.74. The molecule has 1 atom stereocenters. The van der Waals surface area contributed by atoms with Gasteiger partial charge in [-0.25, -0.2) is 4.39 Å². The Morgan fingerprint density at radius 2 is 1.95 bits per heavy atom. The number of aliphatic hydroxyl groups is 1. The van der Waals surface area contributed by atoms with E-state index in [4.69, 9.17) is 5.73 Å². The highest BCUT2D eigenvalue weighted by atomic mass is 19.1. The third-order valence-corrected chi connectivity index (χ3v) is 3.00. The van der Waals surface area contributed by atoms with Gasteiger partial charge in [0, 0.05) is 6.54 Å². The second-order valence-corrected chi connectivity index (χ2v) is 4.80. The van der Waals surface area contributed by atoms with Gasteiger partial charge in [-0.1, -0.05) is 12.1 Å². The van der Waals surface area contributed by atoms with Gasteiger partial charge < -0.3 is 16.2 Å². The first-order valence-corrected chi connectivity index (χ1v) is 6.24. The summed E-state index contributed by atoms with van der Waals surface area (Å²) in [5.41, 5.74) is 4.48. The molecule has 0 radical (unpaired) electrons. The van der Waals surface area contributed by atoms with Crippen molar-refractivity contribution in [3.8, 4) is 0 Å². The summed E-state index contributed by atoms with van der Waals surface area (Å²) >= 11 is 0. The Balaban J connectivity index is 2.04. The number of rotatable bonds is 5. The number of benzene rings is 1. The summed E-state index contributed by atoms with van der Waals surface area (Å²) in [4.78, 5) is 10.9. The average molecular weight is 290 g/mol. The van der Waals surface area contributed by atoms with Crippen LogP contribution in [0.15, 0.2) is 36.4 Å². The standard InChI is InChI=1S/C14H15FN4O2/c1-14(21,9-2-4-10(15)5-3-9)8-17-12-7-6-11(13(16)20)18-19-12/h2-7,21H,8H2,1H3,(H2,16,20)(H,17,19). The van der Waals surface area contributed by atoms with Crippen LogP contribution >= 0.6 is 0 Å². The molecule has 1 unspecified atom stereocenters. The first-order valence-electron chi connectivity index (χ1n) is 6.24. The fraction of sp³-hybridized carbons (Fsp3) is 0.214. The van der Waals surface area contributed by atoms with Gasteiger partial charge in [0.2, 0.25) is 0 Å². The van der Waals surface area contributed by atoms with Crippen LogP contribution in [0.25, 0.3) is 0 Å². The van der Waals surface area contributed by atoms with E-state index >= 15 is 0 Å². The lowest BCUT2D eigenvalue weighted by molar-refractivity contribution is 0.0713. The molecule has 0 spiro atoms. The lowest BCUT2D eigenvalue weighted by Crippen LogP contribution is -2.31. The van der Waals surface area contributed by atoms with Crippen LogP contribution in [0.3, 0.4) is 0 Å². The van der Waals surface area contributed by atoms with Crippen molar-refractivity contribution in [1.29, 1.82) is 0 Å². The molecule has 0 bridgehead atoms. The van der Waals surface area contributed by atoms with E-state index in [1.165, 1.54) is 36.4 Å². The summed E-state index contributed by atoms with van der Waals surface area (Å²) in [6, 6.07) is 8.56. The Kier molecular flexibility index (Phi) is 4.13. The lowest BCUT2D eigenvalue weighted by Gasteiger charge is -2.24. The lowest BCUT2D eigenvalue weighted by atomic mass is 9.96. The molecular formula is C14H15FN4O2. The number of nitrogens with one attached hydrogen (secondary N) is 1. The number of primary amides is 1. The zero-order valence-corrected chi connectivity index (χ0v) is 11.4. The predicted octanol–water partition coefficient (Wildman–Crippen LogP) is 1.03. The van der Waals surface area contributed by atoms with E-state index in [-0.39, 0.29) is 18.1 Å². The topological polar surface area (TPSA) is 101 Å². The quantitative estimate of drug-likeness (QED) is 0.763. The first kappa shape index (κ1) is 14.9. The number of amides is 1. The molecule has 0 fully saturated rings. The van der Waals surface area contributed by atoms with Gasteiger partial charge in [0.25, 0.3) is 5.91 Å². The van der Waals surface area contributed by atoms with Gasteiger partial charge in [-0.15, -0.1) is 10.2 Å². The van der Waals surface area contributed by atoms with Gasteiger partial charge in [-0.3, -0.25) is 4.79 Å². The van der Waals surface area contributed by atoms with E-state index in [9.17, 15) is 14.3 Å². The number of nitrogens with two attached hydrogens (primary N) is 1.